The van der Waals surface area contributed by atoms with E-state index in [0.29, 0.717) is 13.0 Å². The molecule has 0 unspecified atom stereocenters. The van der Waals surface area contributed by atoms with Crippen LogP contribution in [0.3, 0.4) is 0 Å². The molecule has 0 radical (unpaired) electrons. The second-order valence-corrected chi connectivity index (χ2v) is 3.77. The lowest BCUT2D eigenvalue weighted by molar-refractivity contribution is -0.144. The molecule has 0 spiro atoms. The van der Waals surface area contributed by atoms with Crippen molar-refractivity contribution in [2.24, 2.45) is 17.2 Å². The zero-order valence-electron chi connectivity index (χ0n) is 10.5. The number of nitrogens with two attached hydrogens (primary N) is 3. The van der Waals surface area contributed by atoms with Crippen molar-refractivity contribution in [3.8, 4) is 0 Å². The van der Waals surface area contributed by atoms with Crippen LogP contribution in [0.1, 0.15) is 25.7 Å². The van der Waals surface area contributed by atoms with E-state index in [1.165, 1.54) is 0 Å². The van der Waals surface area contributed by atoms with Crippen LogP contribution in [0.5, 0.6) is 0 Å². The first-order valence-electron chi connectivity index (χ1n) is 5.61. The lowest BCUT2D eigenvalue weighted by Crippen LogP contribution is -2.32. The number of carbonyl (C=O) groups is 3. The molecular weight excluding hydrogens is 258 g/mol. The van der Waals surface area contributed by atoms with E-state index in [2.05, 4.69) is 0 Å². The number of rotatable bonds is 8. The highest BCUT2D eigenvalue weighted by atomic mass is 16.4. The van der Waals surface area contributed by atoms with E-state index in [9.17, 15) is 14.4 Å². The molecule has 2 atom stereocenters. The number of carboxylic acid groups (broad SMARTS) is 3. The Morgan fingerprint density at radius 2 is 1.37 bits per heavy atom. The largest absolute Gasteiger partial charge is 0.481 e. The third-order valence-electron chi connectivity index (χ3n) is 2.00. The molecule has 0 saturated heterocycles. The van der Waals surface area contributed by atoms with Gasteiger partial charge in [-0.3, -0.25) is 14.4 Å². The summed E-state index contributed by atoms with van der Waals surface area (Å²) in [6.45, 7) is 0.604. The van der Waals surface area contributed by atoms with Crippen LogP contribution in [-0.2, 0) is 14.4 Å². The monoisotopic (exact) mass is 279 g/mol. The maximum Gasteiger partial charge on any atom is 0.321 e. The van der Waals surface area contributed by atoms with Gasteiger partial charge in [-0.2, -0.15) is 0 Å². The SMILES string of the molecule is NCCCC[C@H](N)C(=O)O.N[C@@H](CC(=O)O)C(=O)O. The van der Waals surface area contributed by atoms with Gasteiger partial charge in [-0.05, 0) is 19.4 Å². The topological polar surface area (TPSA) is 190 Å². The molecule has 9 N–H and O–H groups in total. The fraction of sp³-hybridized carbons (Fsp3) is 0.700. The predicted octanol–water partition coefficient (Wildman–Crippen LogP) is -1.60. The molecule has 0 rings (SSSR count). The Balaban J connectivity index is 0. The van der Waals surface area contributed by atoms with Gasteiger partial charge in [0.15, 0.2) is 0 Å². The molecule has 0 aliphatic carbocycles. The van der Waals surface area contributed by atoms with Gasteiger partial charge in [0.25, 0.3) is 0 Å². The highest BCUT2D eigenvalue weighted by Gasteiger charge is 2.14. The van der Waals surface area contributed by atoms with Crippen molar-refractivity contribution in [1.82, 2.24) is 0 Å². The van der Waals surface area contributed by atoms with E-state index in [0.717, 1.165) is 12.8 Å². The van der Waals surface area contributed by atoms with Crippen molar-refractivity contribution in [2.75, 3.05) is 6.54 Å². The number of hydrogen-bond donors (Lipinski definition) is 6. The summed E-state index contributed by atoms with van der Waals surface area (Å²) in [5.41, 5.74) is 15.3. The molecule has 0 aliphatic rings. The number of aliphatic carboxylic acids is 3. The highest BCUT2D eigenvalue weighted by Crippen LogP contribution is 1.96. The Morgan fingerprint density at radius 1 is 0.895 bits per heavy atom. The van der Waals surface area contributed by atoms with E-state index in [-0.39, 0.29) is 0 Å². The van der Waals surface area contributed by atoms with Crippen molar-refractivity contribution < 1.29 is 29.7 Å². The predicted molar refractivity (Wildman–Crippen MR) is 66.4 cm³/mol. The van der Waals surface area contributed by atoms with E-state index in [4.69, 9.17) is 32.5 Å². The summed E-state index contributed by atoms with van der Waals surface area (Å²) < 4.78 is 0. The maximum atomic E-state index is 10.1. The van der Waals surface area contributed by atoms with Crippen LogP contribution in [0.4, 0.5) is 0 Å². The Kier molecular flexibility index (Phi) is 11.8. The van der Waals surface area contributed by atoms with Crippen LogP contribution in [0, 0.1) is 0 Å². The summed E-state index contributed by atoms with van der Waals surface area (Å²) in [7, 11) is 0. The summed E-state index contributed by atoms with van der Waals surface area (Å²) in [6, 6.07) is -2.01. The van der Waals surface area contributed by atoms with Crippen molar-refractivity contribution in [2.45, 2.75) is 37.8 Å². The average Bonchev–Trinajstić information content (AvgIpc) is 2.28. The van der Waals surface area contributed by atoms with E-state index in [1.54, 1.807) is 0 Å². The average molecular weight is 279 g/mol. The van der Waals surface area contributed by atoms with Gasteiger partial charge < -0.3 is 32.5 Å². The minimum Gasteiger partial charge on any atom is -0.481 e. The van der Waals surface area contributed by atoms with Gasteiger partial charge in [0, 0.05) is 0 Å². The molecule has 0 amide bonds. The molecule has 0 fully saturated rings. The molecule has 0 saturated carbocycles. The first kappa shape index (κ1) is 19.6. The van der Waals surface area contributed by atoms with Crippen LogP contribution in [0.2, 0.25) is 0 Å². The molecule has 0 aromatic rings. The highest BCUT2D eigenvalue weighted by molar-refractivity contribution is 5.80. The Labute approximate surface area is 110 Å². The lowest BCUT2D eigenvalue weighted by atomic mass is 10.1. The van der Waals surface area contributed by atoms with Crippen LogP contribution in [0.15, 0.2) is 0 Å². The smallest absolute Gasteiger partial charge is 0.321 e. The van der Waals surface area contributed by atoms with Crippen molar-refractivity contribution in [3.63, 3.8) is 0 Å². The van der Waals surface area contributed by atoms with E-state index < -0.39 is 36.4 Å². The summed E-state index contributed by atoms with van der Waals surface area (Å²) in [6.07, 6.45) is 1.63. The van der Waals surface area contributed by atoms with Crippen LogP contribution >= 0.6 is 0 Å². The second kappa shape index (κ2) is 11.4. The third kappa shape index (κ3) is 14.2. The molecular formula is C10H21N3O6. The van der Waals surface area contributed by atoms with Gasteiger partial charge in [-0.25, -0.2) is 0 Å². The third-order valence-corrected chi connectivity index (χ3v) is 2.00. The van der Waals surface area contributed by atoms with Crippen molar-refractivity contribution in [1.29, 1.82) is 0 Å². The molecule has 0 heterocycles. The van der Waals surface area contributed by atoms with Gasteiger partial charge in [0.05, 0.1) is 6.42 Å². The van der Waals surface area contributed by atoms with Gasteiger partial charge >= 0.3 is 17.9 Å². The number of carboxylic acids is 3. The quantitative estimate of drug-likeness (QED) is 0.284. The van der Waals surface area contributed by atoms with Crippen LogP contribution in [0.25, 0.3) is 0 Å². The standard InChI is InChI=1S/C6H14N2O2.C4H7NO4/c7-4-2-1-3-5(8)6(9)10;5-2(4(8)9)1-3(6)7/h5H,1-4,7-8H2,(H,9,10);2H,1,5H2,(H,6,7)(H,8,9)/t5-;2-/m00/s1. The molecule has 9 heteroatoms. The molecule has 0 bridgehead atoms. The molecule has 0 aliphatic heterocycles. The first-order chi connectivity index (χ1) is 8.72. The molecule has 0 aromatic carbocycles. The Morgan fingerprint density at radius 3 is 1.63 bits per heavy atom. The summed E-state index contributed by atoms with van der Waals surface area (Å²) in [4.78, 5) is 29.8. The normalized spacial score (nSPS) is 12.8. The van der Waals surface area contributed by atoms with Crippen molar-refractivity contribution >= 4 is 17.9 Å². The van der Waals surface area contributed by atoms with Gasteiger partial charge in [0.1, 0.15) is 12.1 Å². The molecule has 9 nitrogen and oxygen atoms in total. The minimum atomic E-state index is -1.29. The van der Waals surface area contributed by atoms with Crippen LogP contribution in [-0.4, -0.2) is 51.9 Å². The van der Waals surface area contributed by atoms with Gasteiger partial charge in [-0.1, -0.05) is 6.42 Å². The van der Waals surface area contributed by atoms with Crippen molar-refractivity contribution in [3.05, 3.63) is 0 Å². The first-order valence-corrected chi connectivity index (χ1v) is 5.61. The molecule has 112 valence electrons. The second-order valence-electron chi connectivity index (χ2n) is 3.77. The van der Waals surface area contributed by atoms with Gasteiger partial charge in [0.2, 0.25) is 0 Å². The minimum absolute atomic E-state index is 0.520. The summed E-state index contributed by atoms with van der Waals surface area (Å²) in [5.74, 6) is -3.43. The van der Waals surface area contributed by atoms with Gasteiger partial charge in [-0.15, -0.1) is 0 Å². The number of unbranched alkanes of at least 4 members (excludes halogenated alkanes) is 1. The Bertz CT molecular complexity index is 297. The van der Waals surface area contributed by atoms with Crippen LogP contribution < -0.4 is 17.2 Å². The fourth-order valence-corrected chi connectivity index (χ4v) is 0.908. The summed E-state index contributed by atoms with van der Waals surface area (Å²) >= 11 is 0. The van der Waals surface area contributed by atoms with E-state index >= 15 is 0 Å². The summed E-state index contributed by atoms with van der Waals surface area (Å²) in [5, 5.41) is 24.4. The maximum absolute atomic E-state index is 10.1. The lowest BCUT2D eigenvalue weighted by Gasteiger charge is -2.03. The zero-order chi connectivity index (χ0) is 15.4. The molecule has 19 heavy (non-hydrogen) atoms. The van der Waals surface area contributed by atoms with E-state index in [1.807, 2.05) is 0 Å². The molecule has 0 aromatic heterocycles. The fourth-order valence-electron chi connectivity index (χ4n) is 0.908. The zero-order valence-corrected chi connectivity index (χ0v) is 10.5. The Hall–Kier alpha value is -1.71. The number of hydrogen-bond acceptors (Lipinski definition) is 6.